The number of anilines is 1. The van der Waals surface area contributed by atoms with Gasteiger partial charge in [-0.1, -0.05) is 30.3 Å². The predicted molar refractivity (Wildman–Crippen MR) is 129 cm³/mol. The number of piperazine rings is 1. The third-order valence-electron chi connectivity index (χ3n) is 6.06. The number of halogens is 1. The summed E-state index contributed by atoms with van der Waals surface area (Å²) in [6.07, 6.45) is 3.45. The number of aromatic nitrogens is 4. The van der Waals surface area contributed by atoms with Gasteiger partial charge in [0, 0.05) is 44.1 Å². The Morgan fingerprint density at radius 2 is 1.65 bits per heavy atom. The first-order chi connectivity index (χ1) is 16.6. The number of aryl methyl sites for hydroxylation is 1. The number of carbonyl (C=O) groups is 1. The molecule has 8 heteroatoms. The summed E-state index contributed by atoms with van der Waals surface area (Å²) in [5, 5.41) is 4.74. The monoisotopic (exact) mass is 456 g/mol. The van der Waals surface area contributed by atoms with E-state index in [4.69, 9.17) is 5.10 Å². The first kappa shape index (κ1) is 21.8. The molecule has 1 aliphatic heterocycles. The van der Waals surface area contributed by atoms with Crippen LogP contribution in [0.15, 0.2) is 73.1 Å². The molecule has 4 aromatic rings. The van der Waals surface area contributed by atoms with Crippen LogP contribution in [0.1, 0.15) is 5.56 Å². The largest absolute Gasteiger partial charge is 0.338 e. The van der Waals surface area contributed by atoms with Gasteiger partial charge in [0.1, 0.15) is 12.4 Å². The quantitative estimate of drug-likeness (QED) is 0.457. The number of benzene rings is 2. The van der Waals surface area contributed by atoms with Gasteiger partial charge in [-0.25, -0.2) is 14.4 Å². The molecular formula is C26H25FN6O. The molecular weight excluding hydrogens is 431 g/mol. The van der Waals surface area contributed by atoms with Gasteiger partial charge in [-0.3, -0.25) is 9.48 Å². The van der Waals surface area contributed by atoms with Gasteiger partial charge in [-0.15, -0.1) is 0 Å². The zero-order valence-corrected chi connectivity index (χ0v) is 18.9. The second-order valence-electron chi connectivity index (χ2n) is 8.32. The molecule has 0 spiro atoms. The van der Waals surface area contributed by atoms with Crippen LogP contribution in [0, 0.1) is 12.7 Å². The third-order valence-corrected chi connectivity index (χ3v) is 6.06. The van der Waals surface area contributed by atoms with Gasteiger partial charge in [0.25, 0.3) is 0 Å². The molecule has 1 amide bonds. The molecule has 0 N–H and O–H groups in total. The number of rotatable bonds is 5. The minimum absolute atomic E-state index is 0.00995. The van der Waals surface area contributed by atoms with Gasteiger partial charge >= 0.3 is 0 Å². The van der Waals surface area contributed by atoms with Crippen molar-refractivity contribution in [2.24, 2.45) is 0 Å². The first-order valence-electron chi connectivity index (χ1n) is 11.3. The number of hydrogen-bond donors (Lipinski definition) is 0. The Balaban J connectivity index is 1.36. The van der Waals surface area contributed by atoms with Crippen molar-refractivity contribution < 1.29 is 9.18 Å². The van der Waals surface area contributed by atoms with E-state index in [1.807, 2.05) is 41.3 Å². The maximum atomic E-state index is 13.8. The molecule has 0 radical (unpaired) electrons. The Bertz CT molecular complexity index is 1280. The standard InChI is InChI=1S/C26H25FN6O/c1-19-16-21(8-9-22(19)27)23-17-24(20-6-3-2-4-7-20)33(30-23)18-25(34)31-12-14-32(15-13-31)26-28-10-5-11-29-26/h2-11,16-17H,12-15,18H2,1H3. The van der Waals surface area contributed by atoms with Gasteiger partial charge < -0.3 is 9.80 Å². The van der Waals surface area contributed by atoms with E-state index in [1.54, 1.807) is 42.2 Å². The van der Waals surface area contributed by atoms with Gasteiger partial charge in [-0.2, -0.15) is 5.10 Å². The number of carbonyl (C=O) groups excluding carboxylic acids is 1. The summed E-state index contributed by atoms with van der Waals surface area (Å²) in [6, 6.07) is 18.6. The highest BCUT2D eigenvalue weighted by molar-refractivity contribution is 5.78. The van der Waals surface area contributed by atoms with Crippen molar-refractivity contribution in [2.45, 2.75) is 13.5 Å². The van der Waals surface area contributed by atoms with Crippen molar-refractivity contribution in [3.8, 4) is 22.5 Å². The van der Waals surface area contributed by atoms with E-state index in [-0.39, 0.29) is 18.3 Å². The second kappa shape index (κ2) is 9.43. The topological polar surface area (TPSA) is 67.2 Å². The number of amides is 1. The minimum atomic E-state index is -0.248. The molecule has 0 saturated carbocycles. The zero-order valence-electron chi connectivity index (χ0n) is 18.9. The molecule has 1 saturated heterocycles. The van der Waals surface area contributed by atoms with Crippen LogP contribution in [0.25, 0.3) is 22.5 Å². The Hall–Kier alpha value is -4.07. The Morgan fingerprint density at radius 3 is 2.35 bits per heavy atom. The minimum Gasteiger partial charge on any atom is -0.338 e. The molecule has 5 rings (SSSR count). The summed E-state index contributed by atoms with van der Waals surface area (Å²) in [4.78, 5) is 25.8. The van der Waals surface area contributed by atoms with Crippen LogP contribution < -0.4 is 4.90 Å². The second-order valence-corrected chi connectivity index (χ2v) is 8.32. The Kier molecular flexibility index (Phi) is 6.03. The molecule has 2 aromatic heterocycles. The summed E-state index contributed by atoms with van der Waals surface area (Å²) in [5.74, 6) is 0.449. The van der Waals surface area contributed by atoms with Crippen LogP contribution in [-0.4, -0.2) is 56.7 Å². The van der Waals surface area contributed by atoms with Crippen LogP contribution in [-0.2, 0) is 11.3 Å². The van der Waals surface area contributed by atoms with Crippen molar-refractivity contribution in [1.82, 2.24) is 24.6 Å². The molecule has 1 aliphatic rings. The maximum absolute atomic E-state index is 13.8. The average molecular weight is 457 g/mol. The lowest BCUT2D eigenvalue weighted by atomic mass is 10.1. The van der Waals surface area contributed by atoms with E-state index >= 15 is 0 Å². The van der Waals surface area contributed by atoms with Gasteiger partial charge in [0.2, 0.25) is 11.9 Å². The smallest absolute Gasteiger partial charge is 0.244 e. The molecule has 3 heterocycles. The van der Waals surface area contributed by atoms with Crippen molar-refractivity contribution in [2.75, 3.05) is 31.1 Å². The van der Waals surface area contributed by atoms with Crippen LogP contribution in [0.3, 0.4) is 0 Å². The highest BCUT2D eigenvalue weighted by atomic mass is 19.1. The zero-order chi connectivity index (χ0) is 23.5. The Labute approximate surface area is 197 Å². The molecule has 0 aliphatic carbocycles. The summed E-state index contributed by atoms with van der Waals surface area (Å²) in [7, 11) is 0. The molecule has 0 atom stereocenters. The number of hydrogen-bond acceptors (Lipinski definition) is 5. The highest BCUT2D eigenvalue weighted by Crippen LogP contribution is 2.27. The average Bonchev–Trinajstić information content (AvgIpc) is 3.30. The molecule has 1 fully saturated rings. The predicted octanol–water partition coefficient (Wildman–Crippen LogP) is 3.80. The van der Waals surface area contributed by atoms with E-state index in [0.29, 0.717) is 43.4 Å². The van der Waals surface area contributed by atoms with E-state index in [1.165, 1.54) is 6.07 Å². The summed E-state index contributed by atoms with van der Waals surface area (Å²) >= 11 is 0. The van der Waals surface area contributed by atoms with Crippen molar-refractivity contribution in [1.29, 1.82) is 0 Å². The molecule has 172 valence electrons. The normalized spacial score (nSPS) is 13.8. The van der Waals surface area contributed by atoms with E-state index in [9.17, 15) is 9.18 Å². The molecule has 7 nitrogen and oxygen atoms in total. The molecule has 2 aromatic carbocycles. The lowest BCUT2D eigenvalue weighted by Gasteiger charge is -2.34. The fraction of sp³-hybridized carbons (Fsp3) is 0.231. The highest BCUT2D eigenvalue weighted by Gasteiger charge is 2.24. The van der Waals surface area contributed by atoms with Crippen LogP contribution >= 0.6 is 0 Å². The summed E-state index contributed by atoms with van der Waals surface area (Å²) < 4.78 is 15.5. The van der Waals surface area contributed by atoms with E-state index in [2.05, 4.69) is 14.9 Å². The first-order valence-corrected chi connectivity index (χ1v) is 11.3. The fourth-order valence-corrected chi connectivity index (χ4v) is 4.16. The Morgan fingerprint density at radius 1 is 0.912 bits per heavy atom. The third kappa shape index (κ3) is 4.52. The lowest BCUT2D eigenvalue weighted by Crippen LogP contribution is -2.50. The van der Waals surface area contributed by atoms with Crippen LogP contribution in [0.5, 0.6) is 0 Å². The molecule has 0 bridgehead atoms. The molecule has 34 heavy (non-hydrogen) atoms. The van der Waals surface area contributed by atoms with Crippen LogP contribution in [0.4, 0.5) is 10.3 Å². The van der Waals surface area contributed by atoms with Gasteiger partial charge in [0.05, 0.1) is 11.4 Å². The fourth-order valence-electron chi connectivity index (χ4n) is 4.16. The molecule has 0 unspecified atom stereocenters. The van der Waals surface area contributed by atoms with Crippen molar-refractivity contribution in [3.05, 3.63) is 84.4 Å². The van der Waals surface area contributed by atoms with E-state index < -0.39 is 0 Å². The summed E-state index contributed by atoms with van der Waals surface area (Å²) in [5.41, 5.74) is 3.91. The summed E-state index contributed by atoms with van der Waals surface area (Å²) in [6.45, 7) is 4.43. The van der Waals surface area contributed by atoms with Crippen molar-refractivity contribution in [3.63, 3.8) is 0 Å². The van der Waals surface area contributed by atoms with Gasteiger partial charge in [-0.05, 0) is 48.4 Å². The number of nitrogens with zero attached hydrogens (tertiary/aromatic N) is 6. The van der Waals surface area contributed by atoms with E-state index in [0.717, 1.165) is 16.8 Å². The van der Waals surface area contributed by atoms with Gasteiger partial charge in [0.15, 0.2) is 0 Å². The SMILES string of the molecule is Cc1cc(-c2cc(-c3ccccc3)n(CC(=O)N3CCN(c4ncccn4)CC3)n2)ccc1F. The lowest BCUT2D eigenvalue weighted by molar-refractivity contribution is -0.132. The van der Waals surface area contributed by atoms with Crippen molar-refractivity contribution >= 4 is 11.9 Å². The maximum Gasteiger partial charge on any atom is 0.244 e. The van der Waals surface area contributed by atoms with Crippen LogP contribution in [0.2, 0.25) is 0 Å².